The first-order valence-electron chi connectivity index (χ1n) is 5.40. The molecule has 0 unspecified atom stereocenters. The molecule has 1 saturated heterocycles. The van der Waals surface area contributed by atoms with E-state index in [2.05, 4.69) is 10.0 Å². The van der Waals surface area contributed by atoms with Crippen molar-refractivity contribution in [3.63, 3.8) is 0 Å². The van der Waals surface area contributed by atoms with Crippen molar-refractivity contribution in [2.24, 2.45) is 5.11 Å². The molecule has 1 N–H and O–H groups in total. The molecule has 7 nitrogen and oxygen atoms in total. The zero-order chi connectivity index (χ0) is 12.5. The molecule has 0 saturated carbocycles. The van der Waals surface area contributed by atoms with Crippen LogP contribution in [0.5, 0.6) is 0 Å². The molecule has 0 bridgehead atoms. The zero-order valence-electron chi connectivity index (χ0n) is 9.74. The Bertz CT molecular complexity index is 376. The van der Waals surface area contributed by atoms with E-state index >= 15 is 0 Å². The van der Waals surface area contributed by atoms with Crippen molar-refractivity contribution in [3.05, 3.63) is 22.3 Å². The van der Waals surface area contributed by atoms with Crippen molar-refractivity contribution < 1.29 is 19.3 Å². The second-order valence-corrected chi connectivity index (χ2v) is 4.46. The molecule has 2 aliphatic rings. The quantitative estimate of drug-likeness (QED) is 0.454. The Labute approximate surface area is 98.6 Å². The number of hydrogen-bond acceptors (Lipinski definition) is 5. The highest BCUT2D eigenvalue weighted by Crippen LogP contribution is 2.30. The van der Waals surface area contributed by atoms with E-state index in [4.69, 9.17) is 19.7 Å². The summed E-state index contributed by atoms with van der Waals surface area (Å²) in [7, 11) is 0. The van der Waals surface area contributed by atoms with E-state index in [1.807, 2.05) is 13.8 Å². The smallest absolute Gasteiger partial charge is 0.163 e. The van der Waals surface area contributed by atoms with E-state index in [9.17, 15) is 5.11 Å². The second kappa shape index (κ2) is 4.54. The molecule has 2 rings (SSSR count). The minimum Gasteiger partial charge on any atom is -0.489 e. The molecule has 0 spiro atoms. The van der Waals surface area contributed by atoms with Crippen molar-refractivity contribution in [1.82, 2.24) is 0 Å². The first-order valence-corrected chi connectivity index (χ1v) is 5.40. The largest absolute Gasteiger partial charge is 0.489 e. The lowest BCUT2D eigenvalue weighted by molar-refractivity contribution is -0.156. The van der Waals surface area contributed by atoms with Crippen LogP contribution < -0.4 is 0 Å². The van der Waals surface area contributed by atoms with Crippen molar-refractivity contribution in [3.8, 4) is 0 Å². The molecule has 0 aromatic heterocycles. The summed E-state index contributed by atoms with van der Waals surface area (Å²) in [6, 6.07) is 0. The van der Waals surface area contributed by atoms with Crippen molar-refractivity contribution in [2.75, 3.05) is 13.2 Å². The monoisotopic (exact) mass is 241 g/mol. The topological polar surface area (TPSA) is 96.7 Å². The van der Waals surface area contributed by atoms with Gasteiger partial charge in [0.1, 0.15) is 18.0 Å². The predicted octanol–water partition coefficient (Wildman–Crippen LogP) is 1.09. The summed E-state index contributed by atoms with van der Waals surface area (Å²) in [4.78, 5) is 2.64. The molecule has 17 heavy (non-hydrogen) atoms. The van der Waals surface area contributed by atoms with Gasteiger partial charge in [-0.3, -0.25) is 0 Å². The van der Waals surface area contributed by atoms with Crippen LogP contribution >= 0.6 is 0 Å². The summed E-state index contributed by atoms with van der Waals surface area (Å²) in [5.41, 5.74) is 8.21. The highest BCUT2D eigenvalue weighted by molar-refractivity contribution is 5.11. The molecule has 0 aromatic carbocycles. The number of azide groups is 1. The Morgan fingerprint density at radius 2 is 2.41 bits per heavy atom. The summed E-state index contributed by atoms with van der Waals surface area (Å²) >= 11 is 0. The van der Waals surface area contributed by atoms with Gasteiger partial charge < -0.3 is 19.3 Å². The van der Waals surface area contributed by atoms with Crippen molar-refractivity contribution >= 4 is 0 Å². The second-order valence-electron chi connectivity index (χ2n) is 4.46. The Kier molecular flexibility index (Phi) is 3.26. The first kappa shape index (κ1) is 12.2. The normalized spacial score (nSPS) is 35.0. The summed E-state index contributed by atoms with van der Waals surface area (Å²) in [5, 5.41) is 13.2. The van der Waals surface area contributed by atoms with Crippen LogP contribution in [0, 0.1) is 0 Å². The van der Waals surface area contributed by atoms with Crippen LogP contribution in [0.4, 0.5) is 0 Å². The summed E-state index contributed by atoms with van der Waals surface area (Å²) < 4.78 is 16.5. The van der Waals surface area contributed by atoms with E-state index in [1.54, 1.807) is 0 Å². The number of aliphatic hydroxyl groups excluding tert-OH is 1. The Hall–Kier alpha value is -1.27. The third kappa shape index (κ3) is 2.70. The van der Waals surface area contributed by atoms with E-state index in [1.165, 1.54) is 6.08 Å². The molecule has 2 heterocycles. The van der Waals surface area contributed by atoms with Gasteiger partial charge >= 0.3 is 0 Å². The molecule has 0 amide bonds. The lowest BCUT2D eigenvalue weighted by Crippen LogP contribution is -2.37. The molecule has 7 heteroatoms. The van der Waals surface area contributed by atoms with Gasteiger partial charge in [0, 0.05) is 4.91 Å². The molecule has 2 aliphatic heterocycles. The van der Waals surface area contributed by atoms with E-state index in [0.717, 1.165) is 0 Å². The van der Waals surface area contributed by atoms with Gasteiger partial charge in [-0.15, -0.1) is 0 Å². The predicted molar refractivity (Wildman–Crippen MR) is 57.9 cm³/mol. The maximum atomic E-state index is 9.82. The van der Waals surface area contributed by atoms with Gasteiger partial charge in [0.15, 0.2) is 11.9 Å². The number of hydrogen-bond donors (Lipinski definition) is 1. The average molecular weight is 241 g/mol. The van der Waals surface area contributed by atoms with Gasteiger partial charge in [0.25, 0.3) is 0 Å². The number of nitrogens with zero attached hydrogens (tertiary/aromatic N) is 3. The average Bonchev–Trinajstić information content (AvgIpc) is 2.78. The van der Waals surface area contributed by atoms with Gasteiger partial charge in [-0.25, -0.2) is 0 Å². The summed E-state index contributed by atoms with van der Waals surface area (Å²) in [6.07, 6.45) is -0.0459. The van der Waals surface area contributed by atoms with Crippen molar-refractivity contribution in [1.29, 1.82) is 0 Å². The van der Waals surface area contributed by atoms with Crippen LogP contribution in [0.1, 0.15) is 13.8 Å². The molecule has 0 aromatic rings. The highest BCUT2D eigenvalue weighted by atomic mass is 16.8. The number of aliphatic hydroxyl groups is 1. The van der Waals surface area contributed by atoms with Crippen LogP contribution in [-0.2, 0) is 14.2 Å². The molecule has 1 fully saturated rings. The van der Waals surface area contributed by atoms with Gasteiger partial charge in [0.2, 0.25) is 0 Å². The molecular formula is C10H15N3O4. The fourth-order valence-electron chi connectivity index (χ4n) is 1.93. The molecule has 3 atom stereocenters. The van der Waals surface area contributed by atoms with E-state index in [0.29, 0.717) is 12.4 Å². The molecule has 94 valence electrons. The Morgan fingerprint density at radius 1 is 1.65 bits per heavy atom. The SMILES string of the molecule is CC1(C)OC[C@H]([C@H]2OC(CN=[N+]=[N-])=C[C@H]2O)O1. The fourth-order valence-corrected chi connectivity index (χ4v) is 1.93. The Morgan fingerprint density at radius 3 is 3.00 bits per heavy atom. The van der Waals surface area contributed by atoms with Crippen LogP contribution in [0.15, 0.2) is 16.9 Å². The van der Waals surface area contributed by atoms with Gasteiger partial charge in [0.05, 0.1) is 13.2 Å². The van der Waals surface area contributed by atoms with E-state index in [-0.39, 0.29) is 12.6 Å². The van der Waals surface area contributed by atoms with Crippen LogP contribution in [-0.4, -0.2) is 42.4 Å². The van der Waals surface area contributed by atoms with Gasteiger partial charge in [-0.2, -0.15) is 0 Å². The van der Waals surface area contributed by atoms with E-state index < -0.39 is 18.0 Å². The first-order chi connectivity index (χ1) is 8.02. The fraction of sp³-hybridized carbons (Fsp3) is 0.800. The third-order valence-electron chi connectivity index (χ3n) is 2.67. The number of ether oxygens (including phenoxy) is 3. The van der Waals surface area contributed by atoms with Crippen LogP contribution in [0.25, 0.3) is 10.4 Å². The minimum atomic E-state index is -0.763. The van der Waals surface area contributed by atoms with Crippen molar-refractivity contribution in [2.45, 2.75) is 37.9 Å². The third-order valence-corrected chi connectivity index (χ3v) is 2.67. The number of rotatable bonds is 3. The molecule has 0 radical (unpaired) electrons. The maximum absolute atomic E-state index is 9.82. The Balaban J connectivity index is 1.95. The van der Waals surface area contributed by atoms with Gasteiger partial charge in [-0.05, 0) is 25.5 Å². The van der Waals surface area contributed by atoms with Crippen LogP contribution in [0.2, 0.25) is 0 Å². The van der Waals surface area contributed by atoms with Crippen LogP contribution in [0.3, 0.4) is 0 Å². The lowest BCUT2D eigenvalue weighted by Gasteiger charge is -2.23. The molecule has 0 aliphatic carbocycles. The minimum absolute atomic E-state index is 0.0982. The summed E-state index contributed by atoms with van der Waals surface area (Å²) in [5.74, 6) is -0.185. The zero-order valence-corrected chi connectivity index (χ0v) is 9.74. The lowest BCUT2D eigenvalue weighted by atomic mass is 10.1. The highest BCUT2D eigenvalue weighted by Gasteiger charge is 2.43. The van der Waals surface area contributed by atoms with Gasteiger partial charge in [-0.1, -0.05) is 5.11 Å². The standard InChI is InChI=1S/C10H15N3O4/c1-10(2)15-5-8(17-10)9-7(14)3-6(16-9)4-12-13-11/h3,7-9,14H,4-5H2,1-2H3/t7-,8-,9+/m1/s1. The summed E-state index contributed by atoms with van der Waals surface area (Å²) in [6.45, 7) is 4.09. The maximum Gasteiger partial charge on any atom is 0.163 e. The molecular weight excluding hydrogens is 226 g/mol.